The van der Waals surface area contributed by atoms with Crippen LogP contribution in [0.2, 0.25) is 0 Å². The lowest BCUT2D eigenvalue weighted by atomic mass is 10.1. The maximum atomic E-state index is 11.2. The summed E-state index contributed by atoms with van der Waals surface area (Å²) < 4.78 is 0. The minimum atomic E-state index is -0.787. The van der Waals surface area contributed by atoms with Crippen LogP contribution in [0.4, 0.5) is 0 Å². The number of carboxylic acid groups (broad SMARTS) is 1. The van der Waals surface area contributed by atoms with E-state index in [1.807, 2.05) is 11.0 Å². The molecule has 0 saturated carbocycles. The van der Waals surface area contributed by atoms with Gasteiger partial charge in [0.2, 0.25) is 0 Å². The van der Waals surface area contributed by atoms with Gasteiger partial charge in [-0.3, -0.25) is 14.7 Å². The molecular weight excluding hydrogens is 192 g/mol. The van der Waals surface area contributed by atoms with Gasteiger partial charge in [-0.2, -0.15) is 0 Å². The first-order valence-electron chi connectivity index (χ1n) is 5.16. The lowest BCUT2D eigenvalue weighted by molar-refractivity contribution is -0.143. The van der Waals surface area contributed by atoms with Crippen LogP contribution in [0.15, 0.2) is 24.5 Å². The number of hydrogen-bond acceptors (Lipinski definition) is 3. The van der Waals surface area contributed by atoms with Crippen molar-refractivity contribution >= 4 is 5.97 Å². The van der Waals surface area contributed by atoms with Crippen molar-refractivity contribution in [2.24, 2.45) is 0 Å². The minimum absolute atomic E-state index is 0.527. The van der Waals surface area contributed by atoms with Gasteiger partial charge in [-0.1, -0.05) is 6.07 Å². The molecule has 1 aromatic heterocycles. The van der Waals surface area contributed by atoms with E-state index in [2.05, 4.69) is 4.98 Å². The summed E-state index contributed by atoms with van der Waals surface area (Å²) in [5.41, 5.74) is 0.770. The quantitative estimate of drug-likeness (QED) is 0.810. The number of likely N-dealkylation sites (tertiary alicyclic amines) is 1. The lowest BCUT2D eigenvalue weighted by Crippen LogP contribution is -2.31. The van der Waals surface area contributed by atoms with Crippen molar-refractivity contribution in [2.75, 3.05) is 13.1 Å². The molecule has 15 heavy (non-hydrogen) atoms. The highest BCUT2D eigenvalue weighted by molar-refractivity contribution is 5.75. The van der Waals surface area contributed by atoms with Crippen molar-refractivity contribution in [3.63, 3.8) is 0 Å². The van der Waals surface area contributed by atoms with Crippen molar-refractivity contribution in [2.45, 2.75) is 18.9 Å². The Morgan fingerprint density at radius 2 is 2.20 bits per heavy atom. The molecule has 0 amide bonds. The summed E-state index contributed by atoms with van der Waals surface area (Å²) in [5.74, 6) is -0.787. The number of carboxylic acids is 1. The zero-order chi connectivity index (χ0) is 10.7. The molecular formula is C11H14N2O2. The van der Waals surface area contributed by atoms with Crippen LogP contribution in [-0.4, -0.2) is 34.0 Å². The van der Waals surface area contributed by atoms with Gasteiger partial charge in [-0.25, -0.2) is 0 Å². The Labute approximate surface area is 88.6 Å². The number of carbonyl (C=O) groups is 1. The fourth-order valence-electron chi connectivity index (χ4n) is 2.05. The molecule has 1 aromatic rings. The Hall–Kier alpha value is -1.42. The molecule has 0 unspecified atom stereocenters. The van der Waals surface area contributed by atoms with E-state index in [9.17, 15) is 9.90 Å². The standard InChI is InChI=1S/C11H14N2O2/c14-11(15)10(13-6-1-2-7-13)9-4-3-5-12-8-9/h3-5,8,10H,1-2,6-7H2,(H,14,15)/t10-/m0/s1. The highest BCUT2D eigenvalue weighted by Crippen LogP contribution is 2.24. The molecule has 2 rings (SSSR count). The van der Waals surface area contributed by atoms with Gasteiger partial charge in [0.25, 0.3) is 0 Å². The van der Waals surface area contributed by atoms with Gasteiger partial charge >= 0.3 is 5.97 Å². The Morgan fingerprint density at radius 3 is 2.73 bits per heavy atom. The summed E-state index contributed by atoms with van der Waals surface area (Å²) in [6, 6.07) is 3.08. The van der Waals surface area contributed by atoms with E-state index in [-0.39, 0.29) is 0 Å². The molecule has 1 N–H and O–H groups in total. The Morgan fingerprint density at radius 1 is 1.47 bits per heavy atom. The second-order valence-corrected chi connectivity index (χ2v) is 3.77. The first-order valence-corrected chi connectivity index (χ1v) is 5.16. The molecule has 1 fully saturated rings. The molecule has 4 nitrogen and oxygen atoms in total. The third-order valence-corrected chi connectivity index (χ3v) is 2.74. The Balaban J connectivity index is 2.23. The normalized spacial score (nSPS) is 18.9. The zero-order valence-corrected chi connectivity index (χ0v) is 8.47. The van der Waals surface area contributed by atoms with Crippen LogP contribution >= 0.6 is 0 Å². The molecule has 4 heteroatoms. The molecule has 0 aliphatic carbocycles. The molecule has 80 valence electrons. The van der Waals surface area contributed by atoms with Crippen LogP contribution < -0.4 is 0 Å². The summed E-state index contributed by atoms with van der Waals surface area (Å²) in [6.45, 7) is 1.73. The maximum Gasteiger partial charge on any atom is 0.325 e. The molecule has 1 aliphatic heterocycles. The van der Waals surface area contributed by atoms with E-state index in [4.69, 9.17) is 0 Å². The fraction of sp³-hybridized carbons (Fsp3) is 0.455. The molecule has 0 aromatic carbocycles. The largest absolute Gasteiger partial charge is 0.480 e. The van der Waals surface area contributed by atoms with Crippen LogP contribution in [0.5, 0.6) is 0 Å². The number of nitrogens with zero attached hydrogens (tertiary/aromatic N) is 2. The van der Waals surface area contributed by atoms with Gasteiger partial charge < -0.3 is 5.11 Å². The minimum Gasteiger partial charge on any atom is -0.480 e. The van der Waals surface area contributed by atoms with Gasteiger partial charge in [0, 0.05) is 12.4 Å². The Bertz CT molecular complexity index is 334. The summed E-state index contributed by atoms with van der Waals surface area (Å²) in [4.78, 5) is 17.2. The molecule has 2 heterocycles. The molecule has 0 radical (unpaired) electrons. The van der Waals surface area contributed by atoms with Crippen molar-refractivity contribution in [3.05, 3.63) is 30.1 Å². The fourth-order valence-corrected chi connectivity index (χ4v) is 2.05. The second-order valence-electron chi connectivity index (χ2n) is 3.77. The van der Waals surface area contributed by atoms with E-state index >= 15 is 0 Å². The summed E-state index contributed by atoms with van der Waals surface area (Å²) in [7, 11) is 0. The first kappa shape index (κ1) is 10.1. The monoisotopic (exact) mass is 206 g/mol. The zero-order valence-electron chi connectivity index (χ0n) is 8.47. The number of rotatable bonds is 3. The van der Waals surface area contributed by atoms with Gasteiger partial charge in [0.15, 0.2) is 0 Å². The SMILES string of the molecule is O=C(O)[C@H](c1cccnc1)N1CCCC1. The van der Waals surface area contributed by atoms with Crippen molar-refractivity contribution in [3.8, 4) is 0 Å². The van der Waals surface area contributed by atoms with Crippen LogP contribution in [-0.2, 0) is 4.79 Å². The number of pyridine rings is 1. The van der Waals surface area contributed by atoms with E-state index in [0.29, 0.717) is 0 Å². The van der Waals surface area contributed by atoms with Crippen LogP contribution in [0, 0.1) is 0 Å². The molecule has 0 bridgehead atoms. The average molecular weight is 206 g/mol. The number of aromatic nitrogens is 1. The van der Waals surface area contributed by atoms with E-state index < -0.39 is 12.0 Å². The predicted octanol–water partition coefficient (Wildman–Crippen LogP) is 1.30. The van der Waals surface area contributed by atoms with E-state index in [0.717, 1.165) is 31.5 Å². The first-order chi connectivity index (χ1) is 7.29. The van der Waals surface area contributed by atoms with Crippen molar-refractivity contribution in [1.82, 2.24) is 9.88 Å². The van der Waals surface area contributed by atoms with Gasteiger partial charge in [-0.15, -0.1) is 0 Å². The smallest absolute Gasteiger partial charge is 0.325 e. The molecule has 1 aliphatic rings. The molecule has 1 atom stereocenters. The van der Waals surface area contributed by atoms with Gasteiger partial charge in [-0.05, 0) is 37.6 Å². The topological polar surface area (TPSA) is 53.4 Å². The van der Waals surface area contributed by atoms with E-state index in [1.54, 1.807) is 18.5 Å². The van der Waals surface area contributed by atoms with Crippen LogP contribution in [0.3, 0.4) is 0 Å². The lowest BCUT2D eigenvalue weighted by Gasteiger charge is -2.23. The molecule has 1 saturated heterocycles. The number of aliphatic carboxylic acids is 1. The van der Waals surface area contributed by atoms with Gasteiger partial charge in [0.05, 0.1) is 0 Å². The summed E-state index contributed by atoms with van der Waals surface area (Å²) in [5, 5.41) is 9.22. The van der Waals surface area contributed by atoms with Gasteiger partial charge in [0.1, 0.15) is 6.04 Å². The maximum absolute atomic E-state index is 11.2. The summed E-state index contributed by atoms with van der Waals surface area (Å²) >= 11 is 0. The number of hydrogen-bond donors (Lipinski definition) is 1. The third kappa shape index (κ3) is 2.15. The van der Waals surface area contributed by atoms with Crippen molar-refractivity contribution < 1.29 is 9.90 Å². The summed E-state index contributed by atoms with van der Waals surface area (Å²) in [6.07, 6.45) is 5.47. The average Bonchev–Trinajstić information content (AvgIpc) is 2.72. The van der Waals surface area contributed by atoms with Crippen LogP contribution in [0.1, 0.15) is 24.4 Å². The third-order valence-electron chi connectivity index (χ3n) is 2.74. The highest BCUT2D eigenvalue weighted by atomic mass is 16.4. The highest BCUT2D eigenvalue weighted by Gasteiger charge is 2.29. The van der Waals surface area contributed by atoms with E-state index in [1.165, 1.54) is 0 Å². The molecule has 0 spiro atoms. The van der Waals surface area contributed by atoms with Crippen molar-refractivity contribution in [1.29, 1.82) is 0 Å². The predicted molar refractivity (Wildman–Crippen MR) is 55.4 cm³/mol. The second kappa shape index (κ2) is 4.40. The Kier molecular flexibility index (Phi) is 2.97. The van der Waals surface area contributed by atoms with Crippen LogP contribution in [0.25, 0.3) is 0 Å².